The molecule has 0 aliphatic carbocycles. The number of aliphatic carboxylic acids is 1. The summed E-state index contributed by atoms with van der Waals surface area (Å²) in [7, 11) is 0. The van der Waals surface area contributed by atoms with Crippen LogP contribution in [0.5, 0.6) is 0 Å². The lowest BCUT2D eigenvalue weighted by Crippen LogP contribution is -2.57. The Kier molecular flexibility index (Phi) is 1.78. The van der Waals surface area contributed by atoms with Crippen LogP contribution in [0.2, 0.25) is 0 Å². The molecule has 1 aliphatic rings. The molecule has 1 saturated heterocycles. The van der Waals surface area contributed by atoms with E-state index in [2.05, 4.69) is 0 Å². The van der Waals surface area contributed by atoms with Gasteiger partial charge in [-0.1, -0.05) is 0 Å². The van der Waals surface area contributed by atoms with Gasteiger partial charge in [0, 0.05) is 0 Å². The van der Waals surface area contributed by atoms with Crippen LogP contribution in [0.1, 0.15) is 0 Å². The van der Waals surface area contributed by atoms with E-state index in [4.69, 9.17) is 5.11 Å². The number of carboxylic acids is 1. The highest BCUT2D eigenvalue weighted by molar-refractivity contribution is 6.24. The number of carbonyl (C=O) groups excluding carboxylic acids is 3. The molecule has 0 aromatic heterocycles. The van der Waals surface area contributed by atoms with Gasteiger partial charge in [-0.15, -0.1) is 0 Å². The molecule has 0 unspecified atom stereocenters. The predicted molar refractivity (Wildman–Crippen MR) is 32.8 cm³/mol. The average molecular weight is 172 g/mol. The van der Waals surface area contributed by atoms with E-state index in [1.54, 1.807) is 10.6 Å². The molecule has 0 atom stereocenters. The Morgan fingerprint density at radius 2 is 1.58 bits per heavy atom. The monoisotopic (exact) mass is 172 g/mol. The number of hydrogen-bond donors (Lipinski definition) is 3. The minimum Gasteiger partial charge on any atom is -0.480 e. The highest BCUT2D eigenvalue weighted by Gasteiger charge is 2.39. The van der Waals surface area contributed by atoms with Gasteiger partial charge in [-0.3, -0.25) is 25.0 Å². The molecule has 64 valence electrons. The van der Waals surface area contributed by atoms with Crippen molar-refractivity contribution in [1.82, 2.24) is 10.6 Å². The second-order valence-corrected chi connectivity index (χ2v) is 2.08. The van der Waals surface area contributed by atoms with E-state index in [1.165, 1.54) is 0 Å². The van der Waals surface area contributed by atoms with Crippen LogP contribution >= 0.6 is 0 Å². The summed E-state index contributed by atoms with van der Waals surface area (Å²) in [6, 6.07) is -0.998. The third-order valence-electron chi connectivity index (χ3n) is 1.24. The molecule has 0 saturated carbocycles. The van der Waals surface area contributed by atoms with E-state index < -0.39 is 29.7 Å². The summed E-state index contributed by atoms with van der Waals surface area (Å²) in [6.07, 6.45) is 0. The number of carbonyl (C=O) groups is 4. The summed E-state index contributed by atoms with van der Waals surface area (Å²) in [4.78, 5) is 42.0. The predicted octanol–water partition coefficient (Wildman–Crippen LogP) is -1.95. The Hall–Kier alpha value is -1.92. The highest BCUT2D eigenvalue weighted by Crippen LogP contribution is 2.01. The van der Waals surface area contributed by atoms with Gasteiger partial charge in [0.1, 0.15) is 0 Å². The Bertz CT molecular complexity index is 264. The molecular formula is C5H4N2O5. The van der Waals surface area contributed by atoms with Crippen molar-refractivity contribution in [1.29, 1.82) is 0 Å². The summed E-state index contributed by atoms with van der Waals surface area (Å²) in [6.45, 7) is 0. The lowest BCUT2D eigenvalue weighted by molar-refractivity contribution is -0.151. The normalized spacial score (nSPS) is 18.5. The zero-order valence-electron chi connectivity index (χ0n) is 5.66. The summed E-state index contributed by atoms with van der Waals surface area (Å²) in [5.41, 5.74) is 0. The maximum absolute atomic E-state index is 10.7. The molecule has 7 nitrogen and oxygen atoms in total. The molecule has 1 fully saturated rings. The van der Waals surface area contributed by atoms with Crippen LogP contribution in [0.3, 0.4) is 0 Å². The minimum absolute atomic E-state index is 0.998. The molecule has 4 amide bonds. The zero-order valence-corrected chi connectivity index (χ0v) is 5.66. The first-order chi connectivity index (χ1) is 5.52. The van der Waals surface area contributed by atoms with Crippen molar-refractivity contribution in [2.45, 2.75) is 0 Å². The Balaban J connectivity index is 2.88. The molecule has 12 heavy (non-hydrogen) atoms. The molecule has 0 aromatic rings. The van der Waals surface area contributed by atoms with E-state index >= 15 is 0 Å². The van der Waals surface area contributed by atoms with Gasteiger partial charge in [-0.25, -0.2) is 4.79 Å². The van der Waals surface area contributed by atoms with E-state index in [1.807, 2.05) is 0 Å². The number of barbiturate groups is 1. The van der Waals surface area contributed by atoms with E-state index in [0.717, 1.165) is 0 Å². The minimum atomic E-state index is -1.83. The van der Waals surface area contributed by atoms with Crippen LogP contribution < -0.4 is 10.6 Å². The van der Waals surface area contributed by atoms with Gasteiger partial charge in [0.2, 0.25) is 5.92 Å². The largest absolute Gasteiger partial charge is 0.480 e. The van der Waals surface area contributed by atoms with Gasteiger partial charge in [0.15, 0.2) is 0 Å². The maximum atomic E-state index is 10.7. The van der Waals surface area contributed by atoms with Crippen LogP contribution in [0.15, 0.2) is 0 Å². The smallest absolute Gasteiger partial charge is 0.328 e. The summed E-state index contributed by atoms with van der Waals surface area (Å²) < 4.78 is 0. The van der Waals surface area contributed by atoms with Crippen LogP contribution in [0.4, 0.5) is 4.79 Å². The van der Waals surface area contributed by atoms with Crippen molar-refractivity contribution in [3.8, 4) is 0 Å². The zero-order chi connectivity index (χ0) is 9.30. The molecule has 1 heterocycles. The highest BCUT2D eigenvalue weighted by atomic mass is 16.4. The molecule has 3 N–H and O–H groups in total. The number of carboxylic acid groups (broad SMARTS) is 1. The van der Waals surface area contributed by atoms with Crippen molar-refractivity contribution in [3.05, 3.63) is 0 Å². The fourth-order valence-electron chi connectivity index (χ4n) is 0.743. The number of urea groups is 1. The molecule has 0 spiro atoms. The first-order valence-electron chi connectivity index (χ1n) is 2.91. The Labute approximate surface area is 65.7 Å². The Morgan fingerprint density at radius 1 is 1.17 bits per heavy atom. The second kappa shape index (κ2) is 2.61. The van der Waals surface area contributed by atoms with E-state index in [0.29, 0.717) is 0 Å². The molecule has 0 bridgehead atoms. The summed E-state index contributed by atoms with van der Waals surface area (Å²) >= 11 is 0. The average Bonchev–Trinajstić information content (AvgIpc) is 1.82. The van der Waals surface area contributed by atoms with Gasteiger partial charge in [0.05, 0.1) is 0 Å². The summed E-state index contributed by atoms with van der Waals surface area (Å²) in [5, 5.41) is 11.6. The fourth-order valence-corrected chi connectivity index (χ4v) is 0.743. The van der Waals surface area contributed by atoms with Crippen molar-refractivity contribution >= 4 is 23.8 Å². The van der Waals surface area contributed by atoms with Crippen molar-refractivity contribution in [3.63, 3.8) is 0 Å². The second-order valence-electron chi connectivity index (χ2n) is 2.08. The number of hydrogen-bond acceptors (Lipinski definition) is 4. The van der Waals surface area contributed by atoms with Crippen LogP contribution in [-0.4, -0.2) is 28.9 Å². The van der Waals surface area contributed by atoms with Crippen LogP contribution in [0.25, 0.3) is 0 Å². The lowest BCUT2D eigenvalue weighted by atomic mass is 10.1. The third kappa shape index (κ3) is 1.24. The first kappa shape index (κ1) is 8.18. The lowest BCUT2D eigenvalue weighted by Gasteiger charge is -2.16. The molecule has 1 rings (SSSR count). The topological polar surface area (TPSA) is 113 Å². The van der Waals surface area contributed by atoms with Crippen molar-refractivity contribution in [2.75, 3.05) is 0 Å². The number of amides is 4. The maximum Gasteiger partial charge on any atom is 0.328 e. The van der Waals surface area contributed by atoms with E-state index in [-0.39, 0.29) is 0 Å². The van der Waals surface area contributed by atoms with Crippen molar-refractivity contribution in [2.24, 2.45) is 5.92 Å². The van der Waals surface area contributed by atoms with Gasteiger partial charge in [-0.05, 0) is 0 Å². The quantitative estimate of drug-likeness (QED) is 0.398. The summed E-state index contributed by atoms with van der Waals surface area (Å²) in [5.74, 6) is -5.65. The van der Waals surface area contributed by atoms with Gasteiger partial charge < -0.3 is 5.11 Å². The molecule has 1 aliphatic heterocycles. The number of nitrogens with one attached hydrogen (secondary N) is 2. The van der Waals surface area contributed by atoms with E-state index in [9.17, 15) is 19.2 Å². The van der Waals surface area contributed by atoms with Crippen LogP contribution in [-0.2, 0) is 14.4 Å². The molecule has 0 aromatic carbocycles. The third-order valence-corrected chi connectivity index (χ3v) is 1.24. The van der Waals surface area contributed by atoms with Gasteiger partial charge in [0.25, 0.3) is 11.8 Å². The Morgan fingerprint density at radius 3 is 1.92 bits per heavy atom. The SMILES string of the molecule is O=C1NC(=O)C(C(=O)O)C(=O)N1. The molecule has 0 radical (unpaired) electrons. The van der Waals surface area contributed by atoms with Gasteiger partial charge in [-0.2, -0.15) is 0 Å². The number of imide groups is 2. The first-order valence-corrected chi connectivity index (χ1v) is 2.91. The molecule has 7 heteroatoms. The van der Waals surface area contributed by atoms with Crippen LogP contribution in [0, 0.1) is 5.92 Å². The fraction of sp³-hybridized carbons (Fsp3) is 0.200. The van der Waals surface area contributed by atoms with Gasteiger partial charge >= 0.3 is 12.0 Å². The molecular weight excluding hydrogens is 168 g/mol. The number of rotatable bonds is 1. The standard InChI is InChI=1S/C5H4N2O5/c8-2-1(4(10)11)3(9)7-5(12)6-2/h1H,(H,10,11)(H2,6,7,8,9,12). The van der Waals surface area contributed by atoms with Crippen molar-refractivity contribution < 1.29 is 24.3 Å².